The Bertz CT molecular complexity index is 1090. The fourth-order valence-corrected chi connectivity index (χ4v) is 8.45. The van der Waals surface area contributed by atoms with E-state index in [1.807, 2.05) is 0 Å². The lowest BCUT2D eigenvalue weighted by Gasteiger charge is -2.61. The zero-order valence-electron chi connectivity index (χ0n) is 20.2. The fourth-order valence-electron chi connectivity index (χ4n) is 8.45. The van der Waals surface area contributed by atoms with E-state index in [1.54, 1.807) is 11.1 Å². The van der Waals surface area contributed by atoms with Crippen LogP contribution in [0.5, 0.6) is 0 Å². The van der Waals surface area contributed by atoms with Crippen molar-refractivity contribution >= 4 is 12.6 Å². The van der Waals surface area contributed by atoms with Gasteiger partial charge in [-0.05, 0) is 118 Å². The van der Waals surface area contributed by atoms with Crippen molar-refractivity contribution in [3.05, 3.63) is 53.1 Å². The first-order valence-electron chi connectivity index (χ1n) is 12.8. The number of fused-ring (bicyclic) bond motifs is 3. The second-order valence-electron chi connectivity index (χ2n) is 12.6. The van der Waals surface area contributed by atoms with E-state index in [-0.39, 0.29) is 23.7 Å². The van der Waals surface area contributed by atoms with Gasteiger partial charge in [-0.15, -0.1) is 0 Å². The Balaban J connectivity index is 1.41. The van der Waals surface area contributed by atoms with Gasteiger partial charge in [-0.1, -0.05) is 42.0 Å². The van der Waals surface area contributed by atoms with Crippen LogP contribution in [0.3, 0.4) is 0 Å². The SMILES string of the molecule is Cc1ccc2c(c1)C1(c3cc(B4OC(C)(C)C(C)(C)O4)ccc3-2)C2CC3CC(C2)CC1C3. The molecule has 32 heavy (non-hydrogen) atoms. The van der Waals surface area contributed by atoms with Gasteiger partial charge < -0.3 is 9.31 Å². The maximum Gasteiger partial charge on any atom is 0.494 e. The summed E-state index contributed by atoms with van der Waals surface area (Å²) in [5.41, 5.74) is 8.34. The molecule has 5 aliphatic carbocycles. The molecule has 0 N–H and O–H groups in total. The number of hydrogen-bond donors (Lipinski definition) is 0. The summed E-state index contributed by atoms with van der Waals surface area (Å²) in [6.07, 6.45) is 7.16. The van der Waals surface area contributed by atoms with Gasteiger partial charge in [0.1, 0.15) is 0 Å². The molecular formula is C29H35BO2. The molecule has 1 saturated heterocycles. The van der Waals surface area contributed by atoms with Crippen molar-refractivity contribution in [3.63, 3.8) is 0 Å². The normalized spacial score (nSPS) is 37.2. The van der Waals surface area contributed by atoms with E-state index in [0.29, 0.717) is 0 Å². The van der Waals surface area contributed by atoms with Crippen LogP contribution < -0.4 is 5.46 Å². The van der Waals surface area contributed by atoms with E-state index < -0.39 is 0 Å². The van der Waals surface area contributed by atoms with Gasteiger partial charge in [0.25, 0.3) is 0 Å². The predicted octanol–water partition coefficient (Wildman–Crippen LogP) is 6.02. The van der Waals surface area contributed by atoms with Crippen molar-refractivity contribution in [2.75, 3.05) is 0 Å². The van der Waals surface area contributed by atoms with Crippen LogP contribution in [0.15, 0.2) is 36.4 Å². The van der Waals surface area contributed by atoms with Crippen LogP contribution in [-0.2, 0) is 14.7 Å². The average Bonchev–Trinajstić information content (AvgIpc) is 3.12. The minimum atomic E-state index is -0.308. The standard InChI is InChI=1S/C29H35BO2/c1-17-6-8-23-24-9-7-22(30-31-27(2,3)28(4,5)32-30)16-26(24)29(25(23)10-17)20-12-18-11-19(14-20)15-21(29)13-18/h6-10,16,18-21H,11-15H2,1-5H3. The molecule has 0 amide bonds. The Morgan fingerprint density at radius 2 is 1.25 bits per heavy atom. The van der Waals surface area contributed by atoms with Crippen LogP contribution in [0, 0.1) is 30.6 Å². The molecule has 3 heteroatoms. The molecule has 1 aliphatic heterocycles. The minimum absolute atomic E-state index is 0.198. The minimum Gasteiger partial charge on any atom is -0.399 e. The molecule has 0 radical (unpaired) electrons. The van der Waals surface area contributed by atoms with E-state index in [9.17, 15) is 0 Å². The smallest absolute Gasteiger partial charge is 0.399 e. The number of aryl methyl sites for hydroxylation is 1. The molecule has 6 aliphatic rings. The van der Waals surface area contributed by atoms with Gasteiger partial charge in [-0.3, -0.25) is 0 Å². The highest BCUT2D eigenvalue weighted by atomic mass is 16.7. The second kappa shape index (κ2) is 6.10. The van der Waals surface area contributed by atoms with Gasteiger partial charge in [-0.2, -0.15) is 0 Å². The first-order valence-corrected chi connectivity index (χ1v) is 12.8. The van der Waals surface area contributed by atoms with Gasteiger partial charge in [0, 0.05) is 5.41 Å². The van der Waals surface area contributed by atoms with Gasteiger partial charge in [0.05, 0.1) is 11.2 Å². The van der Waals surface area contributed by atoms with E-state index in [2.05, 4.69) is 71.0 Å². The molecule has 1 spiro atoms. The molecule has 8 rings (SSSR count). The summed E-state index contributed by atoms with van der Waals surface area (Å²) in [4.78, 5) is 0. The Kier molecular flexibility index (Phi) is 3.79. The highest BCUT2D eigenvalue weighted by Gasteiger charge is 2.62. The Labute approximate surface area is 193 Å². The van der Waals surface area contributed by atoms with Crippen LogP contribution in [0.25, 0.3) is 11.1 Å². The molecule has 0 unspecified atom stereocenters. The van der Waals surface area contributed by atoms with Crippen molar-refractivity contribution in [3.8, 4) is 11.1 Å². The maximum absolute atomic E-state index is 6.48. The summed E-state index contributed by atoms with van der Waals surface area (Å²) in [6, 6.07) is 14.4. The van der Waals surface area contributed by atoms with E-state index in [4.69, 9.17) is 9.31 Å². The molecule has 4 bridgehead atoms. The fraction of sp³-hybridized carbons (Fsp3) is 0.586. The zero-order valence-corrected chi connectivity index (χ0v) is 20.2. The summed E-state index contributed by atoms with van der Waals surface area (Å²) in [6.45, 7) is 10.9. The molecule has 5 fully saturated rings. The molecular weight excluding hydrogens is 391 g/mol. The first-order chi connectivity index (χ1) is 15.2. The molecule has 2 aromatic rings. The number of hydrogen-bond acceptors (Lipinski definition) is 2. The summed E-state index contributed by atoms with van der Waals surface area (Å²) in [5.74, 6) is 3.50. The van der Waals surface area contributed by atoms with Crippen molar-refractivity contribution in [2.24, 2.45) is 23.7 Å². The number of benzene rings is 2. The first kappa shape index (κ1) is 19.9. The molecule has 1 heterocycles. The van der Waals surface area contributed by atoms with Crippen LogP contribution in [0.4, 0.5) is 0 Å². The molecule has 4 saturated carbocycles. The van der Waals surface area contributed by atoms with E-state index in [0.717, 1.165) is 23.7 Å². The van der Waals surface area contributed by atoms with Gasteiger partial charge in [-0.25, -0.2) is 0 Å². The van der Waals surface area contributed by atoms with Crippen molar-refractivity contribution in [1.82, 2.24) is 0 Å². The third kappa shape index (κ3) is 2.35. The Hall–Kier alpha value is -1.58. The summed E-state index contributed by atoms with van der Waals surface area (Å²) in [5, 5.41) is 0. The maximum atomic E-state index is 6.48. The monoisotopic (exact) mass is 426 g/mol. The lowest BCUT2D eigenvalue weighted by Crippen LogP contribution is -2.55. The molecule has 2 aromatic carbocycles. The van der Waals surface area contributed by atoms with Crippen LogP contribution >= 0.6 is 0 Å². The quantitative estimate of drug-likeness (QED) is 0.520. The van der Waals surface area contributed by atoms with Crippen LogP contribution in [-0.4, -0.2) is 18.3 Å². The van der Waals surface area contributed by atoms with Crippen molar-refractivity contribution in [1.29, 1.82) is 0 Å². The third-order valence-electron chi connectivity index (χ3n) is 10.4. The summed E-state index contributed by atoms with van der Waals surface area (Å²) < 4.78 is 13.0. The van der Waals surface area contributed by atoms with Crippen LogP contribution in [0.1, 0.15) is 76.5 Å². The van der Waals surface area contributed by atoms with Gasteiger partial charge >= 0.3 is 7.12 Å². The Morgan fingerprint density at radius 1 is 0.719 bits per heavy atom. The number of rotatable bonds is 1. The Morgan fingerprint density at radius 3 is 1.84 bits per heavy atom. The van der Waals surface area contributed by atoms with Crippen molar-refractivity contribution < 1.29 is 9.31 Å². The largest absolute Gasteiger partial charge is 0.494 e. The highest BCUT2D eigenvalue weighted by Crippen LogP contribution is 2.69. The molecule has 0 atom stereocenters. The molecule has 0 aromatic heterocycles. The average molecular weight is 426 g/mol. The lowest BCUT2D eigenvalue weighted by atomic mass is 9.43. The molecule has 2 nitrogen and oxygen atoms in total. The lowest BCUT2D eigenvalue weighted by molar-refractivity contribution is -0.0399. The topological polar surface area (TPSA) is 18.5 Å². The predicted molar refractivity (Wildman–Crippen MR) is 130 cm³/mol. The van der Waals surface area contributed by atoms with Crippen molar-refractivity contribution in [2.45, 2.75) is 83.3 Å². The summed E-state index contributed by atoms with van der Waals surface area (Å²) >= 11 is 0. The van der Waals surface area contributed by atoms with Gasteiger partial charge in [0.2, 0.25) is 0 Å². The zero-order chi connectivity index (χ0) is 22.0. The summed E-state index contributed by atoms with van der Waals surface area (Å²) in [7, 11) is -0.287. The van der Waals surface area contributed by atoms with Gasteiger partial charge in [0.15, 0.2) is 0 Å². The van der Waals surface area contributed by atoms with E-state index in [1.165, 1.54) is 54.3 Å². The molecule has 166 valence electrons. The second-order valence-corrected chi connectivity index (χ2v) is 12.6. The highest BCUT2D eigenvalue weighted by molar-refractivity contribution is 6.62. The van der Waals surface area contributed by atoms with E-state index >= 15 is 0 Å². The third-order valence-corrected chi connectivity index (χ3v) is 10.4. The van der Waals surface area contributed by atoms with Crippen LogP contribution in [0.2, 0.25) is 0 Å².